The molecule has 2 unspecified atom stereocenters. The third-order valence-corrected chi connectivity index (χ3v) is 4.12. The summed E-state index contributed by atoms with van der Waals surface area (Å²) in [6.45, 7) is 5.23. The van der Waals surface area contributed by atoms with Gasteiger partial charge in [0.25, 0.3) is 0 Å². The van der Waals surface area contributed by atoms with Gasteiger partial charge in [-0.25, -0.2) is 0 Å². The van der Waals surface area contributed by atoms with Gasteiger partial charge in [-0.05, 0) is 39.5 Å². The first-order chi connectivity index (χ1) is 7.18. The number of hydrogen-bond donors (Lipinski definition) is 0. The van der Waals surface area contributed by atoms with Gasteiger partial charge in [0.15, 0.2) is 0 Å². The Bertz CT molecular complexity index is 285. The van der Waals surface area contributed by atoms with E-state index in [2.05, 4.69) is 23.6 Å². The van der Waals surface area contributed by atoms with E-state index in [1.807, 2.05) is 0 Å². The van der Waals surface area contributed by atoms with Crippen LogP contribution in [0.3, 0.4) is 0 Å². The van der Waals surface area contributed by atoms with Crippen molar-refractivity contribution in [2.24, 2.45) is 0 Å². The molecule has 2 heterocycles. The molecule has 3 aliphatic rings. The maximum Gasteiger partial charge on any atom is 0.240 e. The Hall–Kier alpha value is -0.570. The van der Waals surface area contributed by atoms with Crippen molar-refractivity contribution in [1.82, 2.24) is 9.80 Å². The average Bonchev–Trinajstić information content (AvgIpc) is 2.96. The van der Waals surface area contributed by atoms with Gasteiger partial charge in [0.2, 0.25) is 5.91 Å². The van der Waals surface area contributed by atoms with E-state index in [0.29, 0.717) is 18.0 Å². The van der Waals surface area contributed by atoms with Crippen molar-refractivity contribution < 1.29 is 4.79 Å². The number of nitrogens with zero attached hydrogens (tertiary/aromatic N) is 2. The molecule has 0 aromatic rings. The topological polar surface area (TPSA) is 23.6 Å². The van der Waals surface area contributed by atoms with Gasteiger partial charge in [-0.1, -0.05) is 0 Å². The Balaban J connectivity index is 1.82. The van der Waals surface area contributed by atoms with E-state index in [1.165, 1.54) is 19.3 Å². The standard InChI is InChI=1S/C12H20N2O/c1-8(2)13-7-10-5-6-11(12(13)15)14(10)9-3-4-9/h8-11H,3-7H2,1-2H3. The quantitative estimate of drug-likeness (QED) is 0.681. The highest BCUT2D eigenvalue weighted by atomic mass is 16.2. The van der Waals surface area contributed by atoms with Crippen molar-refractivity contribution in [2.75, 3.05) is 6.54 Å². The molecule has 0 radical (unpaired) electrons. The predicted octanol–water partition coefficient (Wildman–Crippen LogP) is 1.23. The van der Waals surface area contributed by atoms with Gasteiger partial charge in [0.05, 0.1) is 6.04 Å². The Kier molecular flexibility index (Phi) is 2.06. The summed E-state index contributed by atoms with van der Waals surface area (Å²) in [4.78, 5) is 16.9. The molecular formula is C12H20N2O. The van der Waals surface area contributed by atoms with E-state index >= 15 is 0 Å². The highest BCUT2D eigenvalue weighted by molar-refractivity contribution is 5.83. The Morgan fingerprint density at radius 1 is 1.13 bits per heavy atom. The normalized spacial score (nSPS) is 36.7. The first-order valence-electron chi connectivity index (χ1n) is 6.26. The summed E-state index contributed by atoms with van der Waals surface area (Å²) >= 11 is 0. The van der Waals surface area contributed by atoms with Crippen molar-refractivity contribution in [1.29, 1.82) is 0 Å². The number of fused-ring (bicyclic) bond motifs is 2. The van der Waals surface area contributed by atoms with Crippen LogP contribution in [-0.2, 0) is 4.79 Å². The second kappa shape index (κ2) is 3.21. The van der Waals surface area contributed by atoms with E-state index in [0.717, 1.165) is 19.0 Å². The summed E-state index contributed by atoms with van der Waals surface area (Å²) in [5.41, 5.74) is 0. The molecule has 1 amide bonds. The summed E-state index contributed by atoms with van der Waals surface area (Å²) in [5.74, 6) is 0.394. The van der Waals surface area contributed by atoms with Crippen LogP contribution < -0.4 is 0 Å². The molecule has 2 saturated heterocycles. The summed E-state index contributed by atoms with van der Waals surface area (Å²) in [6, 6.07) is 2.03. The van der Waals surface area contributed by atoms with Crippen molar-refractivity contribution in [3.63, 3.8) is 0 Å². The number of amides is 1. The van der Waals surface area contributed by atoms with E-state index in [4.69, 9.17) is 0 Å². The van der Waals surface area contributed by atoms with Crippen molar-refractivity contribution >= 4 is 5.91 Å². The van der Waals surface area contributed by atoms with E-state index < -0.39 is 0 Å². The van der Waals surface area contributed by atoms with Gasteiger partial charge in [-0.2, -0.15) is 0 Å². The lowest BCUT2D eigenvalue weighted by atomic mass is 10.1. The molecule has 1 saturated carbocycles. The molecule has 1 aliphatic carbocycles. The molecule has 84 valence electrons. The zero-order valence-electron chi connectivity index (χ0n) is 9.65. The lowest BCUT2D eigenvalue weighted by Gasteiger charge is -2.42. The SMILES string of the molecule is CC(C)N1CC2CCC(C1=O)N2C1CC1. The zero-order valence-corrected chi connectivity index (χ0v) is 9.65. The van der Waals surface area contributed by atoms with Crippen molar-refractivity contribution in [2.45, 2.75) is 63.7 Å². The third-order valence-electron chi connectivity index (χ3n) is 4.12. The summed E-state index contributed by atoms with van der Waals surface area (Å²) in [6.07, 6.45) is 4.98. The van der Waals surface area contributed by atoms with Crippen LogP contribution >= 0.6 is 0 Å². The third kappa shape index (κ3) is 1.40. The lowest BCUT2D eigenvalue weighted by Crippen LogP contribution is -2.59. The maximum absolute atomic E-state index is 12.3. The van der Waals surface area contributed by atoms with Crippen LogP contribution in [0.2, 0.25) is 0 Å². The minimum Gasteiger partial charge on any atom is -0.337 e. The van der Waals surface area contributed by atoms with Crippen LogP contribution in [0.4, 0.5) is 0 Å². The Morgan fingerprint density at radius 3 is 2.40 bits per heavy atom. The van der Waals surface area contributed by atoms with E-state index in [-0.39, 0.29) is 6.04 Å². The molecule has 2 atom stereocenters. The molecule has 0 spiro atoms. The van der Waals surface area contributed by atoms with Gasteiger partial charge in [0.1, 0.15) is 0 Å². The molecule has 15 heavy (non-hydrogen) atoms. The molecule has 0 aromatic carbocycles. The molecule has 3 rings (SSSR count). The molecule has 3 nitrogen and oxygen atoms in total. The monoisotopic (exact) mass is 208 g/mol. The fourth-order valence-electron chi connectivity index (χ4n) is 3.24. The number of carbonyl (C=O) groups excluding carboxylic acids is 1. The van der Waals surface area contributed by atoms with Crippen LogP contribution in [-0.4, -0.2) is 46.4 Å². The average molecular weight is 208 g/mol. The minimum atomic E-state index is 0.235. The zero-order chi connectivity index (χ0) is 10.6. The summed E-state index contributed by atoms with van der Waals surface area (Å²) < 4.78 is 0. The molecule has 2 bridgehead atoms. The maximum atomic E-state index is 12.3. The fourth-order valence-corrected chi connectivity index (χ4v) is 3.24. The smallest absolute Gasteiger partial charge is 0.240 e. The van der Waals surface area contributed by atoms with Gasteiger partial charge in [-0.3, -0.25) is 9.69 Å². The summed E-state index contributed by atoms with van der Waals surface area (Å²) in [7, 11) is 0. The van der Waals surface area contributed by atoms with Crippen molar-refractivity contribution in [3.05, 3.63) is 0 Å². The molecule has 3 fully saturated rings. The Labute approximate surface area is 91.4 Å². The number of hydrogen-bond acceptors (Lipinski definition) is 2. The highest BCUT2D eigenvalue weighted by Crippen LogP contribution is 2.40. The Morgan fingerprint density at radius 2 is 1.80 bits per heavy atom. The second-order valence-electron chi connectivity index (χ2n) is 5.51. The first kappa shape index (κ1) is 9.64. The number of piperazine rings is 1. The number of rotatable bonds is 2. The number of carbonyl (C=O) groups is 1. The molecule has 2 aliphatic heterocycles. The predicted molar refractivity (Wildman–Crippen MR) is 58.5 cm³/mol. The van der Waals surface area contributed by atoms with Gasteiger partial charge in [-0.15, -0.1) is 0 Å². The minimum absolute atomic E-state index is 0.235. The van der Waals surface area contributed by atoms with Gasteiger partial charge < -0.3 is 4.90 Å². The molecule has 0 aromatic heterocycles. The summed E-state index contributed by atoms with van der Waals surface area (Å²) in [5, 5.41) is 0. The molecule has 3 heteroatoms. The van der Waals surface area contributed by atoms with Gasteiger partial charge >= 0.3 is 0 Å². The lowest BCUT2D eigenvalue weighted by molar-refractivity contribution is -0.144. The first-order valence-corrected chi connectivity index (χ1v) is 6.26. The second-order valence-corrected chi connectivity index (χ2v) is 5.51. The fraction of sp³-hybridized carbons (Fsp3) is 0.917. The molecular weight excluding hydrogens is 188 g/mol. The van der Waals surface area contributed by atoms with Crippen LogP contribution in [0, 0.1) is 0 Å². The highest BCUT2D eigenvalue weighted by Gasteiger charge is 2.50. The largest absolute Gasteiger partial charge is 0.337 e. The van der Waals surface area contributed by atoms with Crippen LogP contribution in [0.1, 0.15) is 39.5 Å². The van der Waals surface area contributed by atoms with Crippen LogP contribution in [0.25, 0.3) is 0 Å². The van der Waals surface area contributed by atoms with Gasteiger partial charge in [0, 0.05) is 24.7 Å². The molecule has 0 N–H and O–H groups in total. The van der Waals surface area contributed by atoms with Crippen LogP contribution in [0.5, 0.6) is 0 Å². The van der Waals surface area contributed by atoms with E-state index in [1.54, 1.807) is 0 Å². The number of likely N-dealkylation sites (tertiary alicyclic amines) is 1. The van der Waals surface area contributed by atoms with Crippen molar-refractivity contribution in [3.8, 4) is 0 Å². The van der Waals surface area contributed by atoms with Crippen LogP contribution in [0.15, 0.2) is 0 Å². The van der Waals surface area contributed by atoms with E-state index in [9.17, 15) is 4.79 Å².